The molecule has 2 aliphatic heterocycles. The van der Waals surface area contributed by atoms with E-state index in [9.17, 15) is 4.39 Å². The van der Waals surface area contributed by atoms with E-state index >= 15 is 0 Å². The van der Waals surface area contributed by atoms with E-state index < -0.39 is 6.23 Å². The molecule has 0 saturated heterocycles. The number of ether oxygens (including phenoxy) is 1. The van der Waals surface area contributed by atoms with Gasteiger partial charge in [0.25, 0.3) is 0 Å². The topological polar surface area (TPSA) is 40.4 Å². The molecule has 0 aliphatic carbocycles. The molecule has 2 heterocycles. The molecule has 0 spiro atoms. The van der Waals surface area contributed by atoms with E-state index in [0.29, 0.717) is 17.1 Å². The Balaban J connectivity index is 1.99. The Hall–Kier alpha value is -2.00. The summed E-state index contributed by atoms with van der Waals surface area (Å²) >= 11 is 2.16. The maximum absolute atomic E-state index is 14.5. The maximum atomic E-state index is 14.5. The Bertz CT molecular complexity index is 885. The van der Waals surface area contributed by atoms with Crippen LogP contribution < -0.4 is 4.90 Å². The van der Waals surface area contributed by atoms with Crippen LogP contribution in [-0.2, 0) is 4.74 Å². The molecule has 2 unspecified atom stereocenters. The Morgan fingerprint density at radius 2 is 1.76 bits per heavy atom. The van der Waals surface area contributed by atoms with Crippen LogP contribution >= 0.6 is 22.9 Å². The molecule has 7 heteroatoms. The number of para-hydroxylation sites is 1. The fraction of sp³-hybridized carbons (Fsp3) is 0.222. The van der Waals surface area contributed by atoms with Gasteiger partial charge in [0.1, 0.15) is 12.0 Å². The van der Waals surface area contributed by atoms with Gasteiger partial charge in [-0.15, -0.1) is 5.10 Å². The van der Waals surface area contributed by atoms with Crippen molar-refractivity contribution in [2.24, 2.45) is 10.1 Å². The molecule has 5 nitrogen and oxygen atoms in total. The SMILES string of the molecule is COC1N=C(c2ccccc2F)c2ccccc2N2C1=NN(I)C2C. The second-order valence-corrected chi connectivity index (χ2v) is 6.80. The largest absolute Gasteiger partial charge is 0.353 e. The summed E-state index contributed by atoms with van der Waals surface area (Å²) in [6.45, 7) is 2.06. The number of methoxy groups -OCH3 is 1. The Morgan fingerprint density at radius 3 is 2.48 bits per heavy atom. The quantitative estimate of drug-likeness (QED) is 0.517. The number of fused-ring (bicyclic) bond motifs is 3. The van der Waals surface area contributed by atoms with Gasteiger partial charge in [0, 0.05) is 18.2 Å². The molecule has 0 aromatic heterocycles. The second-order valence-electron chi connectivity index (χ2n) is 5.81. The molecule has 2 aromatic rings. The van der Waals surface area contributed by atoms with Gasteiger partial charge in [-0.1, -0.05) is 30.3 Å². The van der Waals surface area contributed by atoms with Gasteiger partial charge in [-0.25, -0.2) is 12.6 Å². The smallest absolute Gasteiger partial charge is 0.209 e. The van der Waals surface area contributed by atoms with Crippen LogP contribution in [0.25, 0.3) is 0 Å². The Morgan fingerprint density at radius 1 is 1.08 bits per heavy atom. The van der Waals surface area contributed by atoms with E-state index in [1.807, 2.05) is 33.6 Å². The first-order valence-electron chi connectivity index (χ1n) is 7.89. The zero-order valence-electron chi connectivity index (χ0n) is 13.7. The van der Waals surface area contributed by atoms with Crippen LogP contribution in [0, 0.1) is 5.82 Å². The lowest BCUT2D eigenvalue weighted by atomic mass is 9.99. The third kappa shape index (κ3) is 2.62. The van der Waals surface area contributed by atoms with Crippen molar-refractivity contribution >= 4 is 40.1 Å². The molecule has 4 rings (SSSR count). The first kappa shape index (κ1) is 16.5. The number of rotatable bonds is 2. The third-order valence-corrected chi connectivity index (χ3v) is 5.39. The van der Waals surface area contributed by atoms with Crippen molar-refractivity contribution < 1.29 is 9.13 Å². The lowest BCUT2D eigenvalue weighted by molar-refractivity contribution is 0.162. The highest BCUT2D eigenvalue weighted by molar-refractivity contribution is 14.1. The fourth-order valence-electron chi connectivity index (χ4n) is 3.16. The maximum Gasteiger partial charge on any atom is 0.209 e. The lowest BCUT2D eigenvalue weighted by Crippen LogP contribution is -2.41. The summed E-state index contributed by atoms with van der Waals surface area (Å²) in [6, 6.07) is 14.5. The Labute approximate surface area is 159 Å². The average molecular weight is 450 g/mol. The molecule has 2 aromatic carbocycles. The van der Waals surface area contributed by atoms with Crippen molar-refractivity contribution in [1.82, 2.24) is 3.22 Å². The third-order valence-electron chi connectivity index (χ3n) is 4.36. The molecular formula is C18H16FIN4O. The van der Waals surface area contributed by atoms with Crippen molar-refractivity contribution in [2.75, 3.05) is 12.0 Å². The number of hydrogen-bond acceptors (Lipinski definition) is 5. The van der Waals surface area contributed by atoms with E-state index in [-0.39, 0.29) is 12.0 Å². The zero-order chi connectivity index (χ0) is 17.6. The summed E-state index contributed by atoms with van der Waals surface area (Å²) in [5, 5.41) is 4.59. The summed E-state index contributed by atoms with van der Waals surface area (Å²) in [6.07, 6.45) is -0.603. The highest BCUT2D eigenvalue weighted by Crippen LogP contribution is 2.35. The molecule has 0 fully saturated rings. The summed E-state index contributed by atoms with van der Waals surface area (Å²) < 4.78 is 21.9. The lowest BCUT2D eigenvalue weighted by Gasteiger charge is -2.27. The van der Waals surface area contributed by atoms with Crippen LogP contribution in [0.3, 0.4) is 0 Å². The normalized spacial score (nSPS) is 22.1. The molecule has 0 amide bonds. The number of halogens is 2. The molecule has 0 bridgehead atoms. The molecule has 0 radical (unpaired) electrons. The minimum Gasteiger partial charge on any atom is -0.353 e. The summed E-state index contributed by atoms with van der Waals surface area (Å²) in [5.74, 6) is 0.390. The standard InChI is InChI=1S/C18H16FIN4O/c1-11-23-15-10-6-4-8-13(15)16(12-7-3-5-9-14(12)19)21-18(25-2)17(23)22-24(11)20/h3-11,18H,1-2H3. The molecule has 0 N–H and O–H groups in total. The number of hydrazone groups is 1. The van der Waals surface area contributed by atoms with Crippen LogP contribution in [0.2, 0.25) is 0 Å². The number of amidine groups is 1. The van der Waals surface area contributed by atoms with Gasteiger partial charge >= 0.3 is 0 Å². The molecule has 0 saturated carbocycles. The van der Waals surface area contributed by atoms with Crippen molar-refractivity contribution in [3.05, 3.63) is 65.5 Å². The average Bonchev–Trinajstić information content (AvgIpc) is 2.84. The van der Waals surface area contributed by atoms with Crippen LogP contribution in [0.5, 0.6) is 0 Å². The molecule has 25 heavy (non-hydrogen) atoms. The highest BCUT2D eigenvalue weighted by Gasteiger charge is 2.39. The fourth-order valence-corrected chi connectivity index (χ4v) is 3.63. The summed E-state index contributed by atoms with van der Waals surface area (Å²) in [7, 11) is 1.59. The van der Waals surface area contributed by atoms with E-state index in [1.54, 1.807) is 19.2 Å². The summed E-state index contributed by atoms with van der Waals surface area (Å²) in [5.41, 5.74) is 2.83. The minimum absolute atomic E-state index is 0.00423. The number of nitrogens with zero attached hydrogens (tertiary/aromatic N) is 4. The van der Waals surface area contributed by atoms with Gasteiger partial charge in [-0.2, -0.15) is 0 Å². The molecule has 2 aliphatic rings. The summed E-state index contributed by atoms with van der Waals surface area (Å²) in [4.78, 5) is 6.82. The van der Waals surface area contributed by atoms with Gasteiger partial charge < -0.3 is 9.64 Å². The predicted octanol–water partition coefficient (Wildman–Crippen LogP) is 3.78. The first-order chi connectivity index (χ1) is 12.1. The van der Waals surface area contributed by atoms with Crippen LogP contribution in [-0.4, -0.2) is 34.3 Å². The first-order valence-corrected chi connectivity index (χ1v) is 8.86. The molecular weight excluding hydrogens is 434 g/mol. The van der Waals surface area contributed by atoms with Gasteiger partial charge in [0.2, 0.25) is 6.23 Å². The van der Waals surface area contributed by atoms with E-state index in [1.165, 1.54) is 6.07 Å². The van der Waals surface area contributed by atoms with Crippen LogP contribution in [0.15, 0.2) is 58.6 Å². The highest BCUT2D eigenvalue weighted by atomic mass is 127. The minimum atomic E-state index is -0.607. The number of aliphatic imine (C=N–C) groups is 1. The van der Waals surface area contributed by atoms with Crippen molar-refractivity contribution in [3.8, 4) is 0 Å². The molecule has 2 atom stereocenters. The monoisotopic (exact) mass is 450 g/mol. The van der Waals surface area contributed by atoms with Crippen LogP contribution in [0.1, 0.15) is 18.1 Å². The molecule has 128 valence electrons. The van der Waals surface area contributed by atoms with E-state index in [4.69, 9.17) is 9.73 Å². The van der Waals surface area contributed by atoms with E-state index in [2.05, 4.69) is 39.8 Å². The van der Waals surface area contributed by atoms with Gasteiger partial charge in [0.05, 0.1) is 34.3 Å². The Kier molecular flexibility index (Phi) is 4.20. The van der Waals surface area contributed by atoms with E-state index in [0.717, 1.165) is 11.3 Å². The number of hydrogen-bond donors (Lipinski definition) is 0. The van der Waals surface area contributed by atoms with Gasteiger partial charge in [0.15, 0.2) is 5.84 Å². The van der Waals surface area contributed by atoms with Gasteiger partial charge in [-0.3, -0.25) is 0 Å². The van der Waals surface area contributed by atoms with Crippen molar-refractivity contribution in [1.29, 1.82) is 0 Å². The zero-order valence-corrected chi connectivity index (χ0v) is 15.9. The van der Waals surface area contributed by atoms with Crippen LogP contribution in [0.4, 0.5) is 10.1 Å². The number of anilines is 1. The van der Waals surface area contributed by atoms with Crippen molar-refractivity contribution in [2.45, 2.75) is 19.3 Å². The van der Waals surface area contributed by atoms with Crippen molar-refractivity contribution in [3.63, 3.8) is 0 Å². The second kappa shape index (κ2) is 6.38. The number of benzene rings is 2. The predicted molar refractivity (Wildman–Crippen MR) is 105 cm³/mol. The van der Waals surface area contributed by atoms with Gasteiger partial charge in [-0.05, 0) is 25.1 Å².